The number of ether oxygens (including phenoxy) is 1. The number of hydrogen-bond donors (Lipinski definition) is 2. The van der Waals surface area contributed by atoms with Crippen molar-refractivity contribution in [3.05, 3.63) is 100 Å². The number of H-pyrrole nitrogens is 1. The van der Waals surface area contributed by atoms with Crippen LogP contribution in [0.2, 0.25) is 0 Å². The lowest BCUT2D eigenvalue weighted by molar-refractivity contribution is 0.340. The Labute approximate surface area is 198 Å². The van der Waals surface area contributed by atoms with Crippen molar-refractivity contribution in [2.75, 3.05) is 13.2 Å². The van der Waals surface area contributed by atoms with E-state index in [0.29, 0.717) is 36.9 Å². The maximum atomic E-state index is 12.8. The molecule has 2 N–H and O–H groups in total. The Morgan fingerprint density at radius 2 is 1.94 bits per heavy atom. The molecule has 0 aliphatic carbocycles. The number of aromatic nitrogens is 1. The molecule has 0 aliphatic heterocycles. The van der Waals surface area contributed by atoms with Gasteiger partial charge in [0.1, 0.15) is 11.5 Å². The van der Waals surface area contributed by atoms with E-state index in [1.54, 1.807) is 6.26 Å². The normalized spacial score (nSPS) is 10.8. The van der Waals surface area contributed by atoms with E-state index in [1.807, 2.05) is 66.4 Å². The third-order valence-corrected chi connectivity index (χ3v) is 5.71. The SMILES string of the molecule is CCOc1ccc2[nH]c(=O)c(CN(Cc3ccco3)C(=S)NCCc3ccccc3)cc2c1. The molecule has 2 heterocycles. The topological polar surface area (TPSA) is 70.5 Å². The smallest absolute Gasteiger partial charge is 0.253 e. The van der Waals surface area contributed by atoms with E-state index in [9.17, 15) is 4.79 Å². The predicted octanol–water partition coefficient (Wildman–Crippen LogP) is 4.64. The first-order valence-electron chi connectivity index (χ1n) is 11.0. The summed E-state index contributed by atoms with van der Waals surface area (Å²) in [6.45, 7) is 4.04. The number of nitrogens with one attached hydrogen (secondary N) is 2. The third-order valence-electron chi connectivity index (χ3n) is 5.31. The van der Waals surface area contributed by atoms with Crippen molar-refractivity contribution in [1.82, 2.24) is 15.2 Å². The second kappa shape index (κ2) is 10.8. The molecule has 170 valence electrons. The van der Waals surface area contributed by atoms with Crippen molar-refractivity contribution in [2.24, 2.45) is 0 Å². The Balaban J connectivity index is 1.52. The monoisotopic (exact) mass is 461 g/mol. The number of thiocarbonyl (C=S) groups is 1. The van der Waals surface area contributed by atoms with Gasteiger partial charge in [-0.15, -0.1) is 0 Å². The molecule has 0 amide bonds. The Kier molecular flexibility index (Phi) is 7.42. The number of hydrogen-bond acceptors (Lipinski definition) is 4. The van der Waals surface area contributed by atoms with Crippen molar-refractivity contribution in [3.8, 4) is 5.75 Å². The Morgan fingerprint density at radius 1 is 1.09 bits per heavy atom. The zero-order valence-corrected chi connectivity index (χ0v) is 19.4. The standard InChI is InChI=1S/C26H27N3O3S/c1-2-31-22-10-11-24-20(16-22)15-21(25(30)28-24)17-29(18-23-9-6-14-32-23)26(33)27-13-12-19-7-4-3-5-8-19/h3-11,14-16H,2,12-13,17-18H2,1H3,(H,27,33)(H,28,30). The summed E-state index contributed by atoms with van der Waals surface area (Å²) in [4.78, 5) is 17.7. The fourth-order valence-electron chi connectivity index (χ4n) is 3.67. The lowest BCUT2D eigenvalue weighted by atomic mass is 10.1. The van der Waals surface area contributed by atoms with Gasteiger partial charge in [-0.25, -0.2) is 0 Å². The molecular formula is C26H27N3O3S. The number of rotatable bonds is 9. The molecule has 6 nitrogen and oxygen atoms in total. The third kappa shape index (κ3) is 6.02. The summed E-state index contributed by atoms with van der Waals surface area (Å²) in [7, 11) is 0. The molecule has 0 fully saturated rings. The summed E-state index contributed by atoms with van der Waals surface area (Å²) in [5.41, 5.74) is 2.49. The van der Waals surface area contributed by atoms with E-state index < -0.39 is 0 Å². The number of nitrogens with zero attached hydrogens (tertiary/aromatic N) is 1. The first kappa shape index (κ1) is 22.6. The quantitative estimate of drug-likeness (QED) is 0.354. The van der Waals surface area contributed by atoms with Gasteiger partial charge in [-0.1, -0.05) is 30.3 Å². The van der Waals surface area contributed by atoms with Crippen LogP contribution in [0.25, 0.3) is 10.9 Å². The average molecular weight is 462 g/mol. The first-order valence-corrected chi connectivity index (χ1v) is 11.4. The van der Waals surface area contributed by atoms with Gasteiger partial charge in [-0.05, 0) is 67.5 Å². The summed E-state index contributed by atoms with van der Waals surface area (Å²) in [6, 6.07) is 21.6. The van der Waals surface area contributed by atoms with E-state index in [2.05, 4.69) is 22.4 Å². The van der Waals surface area contributed by atoms with E-state index in [-0.39, 0.29) is 5.56 Å². The highest BCUT2D eigenvalue weighted by molar-refractivity contribution is 7.80. The van der Waals surface area contributed by atoms with E-state index >= 15 is 0 Å². The molecule has 0 bridgehead atoms. The molecule has 0 saturated heterocycles. The maximum absolute atomic E-state index is 12.8. The van der Waals surface area contributed by atoms with Gasteiger partial charge < -0.3 is 24.4 Å². The molecule has 0 radical (unpaired) electrons. The van der Waals surface area contributed by atoms with Crippen LogP contribution in [-0.2, 0) is 19.5 Å². The van der Waals surface area contributed by atoms with Gasteiger partial charge in [0.15, 0.2) is 5.11 Å². The highest BCUT2D eigenvalue weighted by Crippen LogP contribution is 2.20. The van der Waals surface area contributed by atoms with Gasteiger partial charge in [0.05, 0.1) is 26.0 Å². The van der Waals surface area contributed by atoms with Crippen LogP contribution in [0.3, 0.4) is 0 Å². The Hall–Kier alpha value is -3.58. The lowest BCUT2D eigenvalue weighted by Gasteiger charge is -2.25. The summed E-state index contributed by atoms with van der Waals surface area (Å²) in [5.74, 6) is 1.55. The Morgan fingerprint density at radius 3 is 2.70 bits per heavy atom. The molecule has 2 aromatic heterocycles. The van der Waals surface area contributed by atoms with Gasteiger partial charge in [-0.3, -0.25) is 4.79 Å². The van der Waals surface area contributed by atoms with Crippen molar-refractivity contribution >= 4 is 28.2 Å². The summed E-state index contributed by atoms with van der Waals surface area (Å²) in [6.07, 6.45) is 2.49. The minimum absolute atomic E-state index is 0.136. The zero-order chi connectivity index (χ0) is 23.0. The van der Waals surface area contributed by atoms with Crippen molar-refractivity contribution in [2.45, 2.75) is 26.4 Å². The minimum Gasteiger partial charge on any atom is -0.494 e. The molecule has 0 aliphatic rings. The number of benzene rings is 2. The average Bonchev–Trinajstić information content (AvgIpc) is 3.33. The van der Waals surface area contributed by atoms with Gasteiger partial charge in [-0.2, -0.15) is 0 Å². The van der Waals surface area contributed by atoms with Crippen LogP contribution in [0.4, 0.5) is 0 Å². The van der Waals surface area contributed by atoms with Gasteiger partial charge >= 0.3 is 0 Å². The summed E-state index contributed by atoms with van der Waals surface area (Å²) < 4.78 is 11.1. The van der Waals surface area contributed by atoms with Crippen LogP contribution in [0, 0.1) is 0 Å². The molecule has 4 rings (SSSR count). The highest BCUT2D eigenvalue weighted by atomic mass is 32.1. The fourth-order valence-corrected chi connectivity index (χ4v) is 3.90. The van der Waals surface area contributed by atoms with E-state index in [4.69, 9.17) is 21.4 Å². The van der Waals surface area contributed by atoms with Gasteiger partial charge in [0, 0.05) is 23.0 Å². The number of furan rings is 1. The molecule has 33 heavy (non-hydrogen) atoms. The van der Waals surface area contributed by atoms with Crippen molar-refractivity contribution in [3.63, 3.8) is 0 Å². The van der Waals surface area contributed by atoms with Crippen molar-refractivity contribution < 1.29 is 9.15 Å². The molecule has 4 aromatic rings. The van der Waals surface area contributed by atoms with Crippen LogP contribution in [0.5, 0.6) is 5.75 Å². The molecule has 0 atom stereocenters. The molecule has 0 saturated carbocycles. The van der Waals surface area contributed by atoms with Gasteiger partial charge in [0.2, 0.25) is 0 Å². The zero-order valence-electron chi connectivity index (χ0n) is 18.5. The lowest BCUT2D eigenvalue weighted by Crippen LogP contribution is -2.40. The second-order valence-electron chi connectivity index (χ2n) is 7.71. The predicted molar refractivity (Wildman–Crippen MR) is 134 cm³/mol. The summed E-state index contributed by atoms with van der Waals surface area (Å²) >= 11 is 5.70. The number of fused-ring (bicyclic) bond motifs is 1. The van der Waals surface area contributed by atoms with Crippen molar-refractivity contribution in [1.29, 1.82) is 0 Å². The fraction of sp³-hybridized carbons (Fsp3) is 0.231. The molecular weight excluding hydrogens is 434 g/mol. The van der Waals surface area contributed by atoms with Crippen LogP contribution >= 0.6 is 12.2 Å². The molecule has 0 unspecified atom stereocenters. The minimum atomic E-state index is -0.136. The van der Waals surface area contributed by atoms with Crippen LogP contribution in [0.1, 0.15) is 23.8 Å². The highest BCUT2D eigenvalue weighted by Gasteiger charge is 2.15. The van der Waals surface area contributed by atoms with Gasteiger partial charge in [0.25, 0.3) is 5.56 Å². The van der Waals surface area contributed by atoms with E-state index in [0.717, 1.165) is 28.8 Å². The Bertz CT molecular complexity index is 1250. The number of aromatic amines is 1. The molecule has 2 aromatic carbocycles. The molecule has 7 heteroatoms. The van der Waals surface area contributed by atoms with E-state index in [1.165, 1.54) is 5.56 Å². The van der Waals surface area contributed by atoms with Crippen LogP contribution < -0.4 is 15.6 Å². The summed E-state index contributed by atoms with van der Waals surface area (Å²) in [5, 5.41) is 4.82. The first-order chi connectivity index (χ1) is 16.1. The van der Waals surface area contributed by atoms with Crippen LogP contribution in [0.15, 0.2) is 82.2 Å². The van der Waals surface area contributed by atoms with Crippen LogP contribution in [-0.4, -0.2) is 28.1 Å². The molecule has 0 spiro atoms. The second-order valence-corrected chi connectivity index (χ2v) is 8.10. The maximum Gasteiger partial charge on any atom is 0.253 e. The largest absolute Gasteiger partial charge is 0.494 e. The number of pyridine rings is 1.